The molecule has 110 valence electrons. The van der Waals surface area contributed by atoms with Crippen LogP contribution in [0.4, 0.5) is 0 Å². The van der Waals surface area contributed by atoms with Crippen molar-refractivity contribution >= 4 is 0 Å². The highest BCUT2D eigenvalue weighted by Gasteiger charge is 1.93. The average Bonchev–Trinajstić information content (AvgIpc) is 2.34. The first-order valence-corrected chi connectivity index (χ1v) is 7.91. The molecule has 0 heterocycles. The van der Waals surface area contributed by atoms with E-state index in [4.69, 9.17) is 5.73 Å². The monoisotopic (exact) mass is 257 g/mol. The van der Waals surface area contributed by atoms with Crippen LogP contribution in [0.2, 0.25) is 0 Å². The number of nitrogens with two attached hydrogens (primary N) is 1. The van der Waals surface area contributed by atoms with E-state index in [9.17, 15) is 0 Å². The summed E-state index contributed by atoms with van der Waals surface area (Å²) in [6.07, 6.45) is 10.5. The lowest BCUT2D eigenvalue weighted by Gasteiger charge is -2.07. The molecule has 3 nitrogen and oxygen atoms in total. The van der Waals surface area contributed by atoms with Gasteiger partial charge in [-0.25, -0.2) is 0 Å². The summed E-state index contributed by atoms with van der Waals surface area (Å²) >= 11 is 0. The molecule has 4 N–H and O–H groups in total. The maximum Gasteiger partial charge on any atom is 0.00103 e. The van der Waals surface area contributed by atoms with Gasteiger partial charge in [-0.3, -0.25) is 0 Å². The number of unbranched alkanes of at least 4 members (excludes halogenated alkanes) is 6. The second kappa shape index (κ2) is 14.9. The average molecular weight is 257 g/mol. The predicted molar refractivity (Wildman–Crippen MR) is 82.0 cm³/mol. The number of rotatable bonds is 14. The quantitative estimate of drug-likeness (QED) is 0.419. The van der Waals surface area contributed by atoms with Gasteiger partial charge in [0.2, 0.25) is 0 Å². The Kier molecular flexibility index (Phi) is 14.8. The van der Waals surface area contributed by atoms with E-state index in [1.165, 1.54) is 71.0 Å². The lowest BCUT2D eigenvalue weighted by molar-refractivity contribution is 0.526. The van der Waals surface area contributed by atoms with Gasteiger partial charge in [-0.2, -0.15) is 0 Å². The third kappa shape index (κ3) is 15.9. The van der Waals surface area contributed by atoms with Gasteiger partial charge in [-0.15, -0.1) is 0 Å². The van der Waals surface area contributed by atoms with Crippen molar-refractivity contribution in [2.24, 2.45) is 5.73 Å². The molecule has 0 aliphatic carbocycles. The van der Waals surface area contributed by atoms with Gasteiger partial charge >= 0.3 is 0 Å². The lowest BCUT2D eigenvalue weighted by atomic mass is 10.1. The van der Waals surface area contributed by atoms with E-state index < -0.39 is 0 Å². The third-order valence-electron chi connectivity index (χ3n) is 3.14. The summed E-state index contributed by atoms with van der Waals surface area (Å²) < 4.78 is 0. The smallest absolute Gasteiger partial charge is 0.00103 e. The molecule has 0 bridgehead atoms. The van der Waals surface area contributed by atoms with Crippen LogP contribution in [0.1, 0.15) is 65.2 Å². The van der Waals surface area contributed by atoms with Crippen LogP contribution in [0.3, 0.4) is 0 Å². The molecular formula is C15H35N3. The summed E-state index contributed by atoms with van der Waals surface area (Å²) in [6.45, 7) is 8.80. The number of nitrogens with one attached hydrogen (secondary N) is 2. The Bertz CT molecular complexity index is 149. The first-order valence-electron chi connectivity index (χ1n) is 7.91. The molecule has 18 heavy (non-hydrogen) atoms. The minimum absolute atomic E-state index is 0.630. The minimum Gasteiger partial charge on any atom is -0.330 e. The molecule has 0 saturated heterocycles. The standard InChI is InChI=1S/C15H35N3/c1-15(2)18-14-10-6-5-9-13-17-12-8-4-3-7-11-16/h15,17-18H,3-14,16H2,1-2H3. The molecule has 0 aromatic carbocycles. The second-order valence-electron chi connectivity index (χ2n) is 5.48. The van der Waals surface area contributed by atoms with Crippen molar-refractivity contribution < 1.29 is 0 Å². The molecule has 0 rings (SSSR count). The van der Waals surface area contributed by atoms with Crippen molar-refractivity contribution in [1.82, 2.24) is 10.6 Å². The maximum atomic E-state index is 5.46. The van der Waals surface area contributed by atoms with Crippen LogP contribution in [0.25, 0.3) is 0 Å². The zero-order chi connectivity index (χ0) is 13.5. The molecule has 0 spiro atoms. The molecule has 0 saturated carbocycles. The van der Waals surface area contributed by atoms with Gasteiger partial charge in [0.05, 0.1) is 0 Å². The van der Waals surface area contributed by atoms with E-state index >= 15 is 0 Å². The zero-order valence-corrected chi connectivity index (χ0v) is 12.6. The van der Waals surface area contributed by atoms with Crippen LogP contribution in [-0.2, 0) is 0 Å². The Balaban J connectivity index is 2.90. The number of hydrogen-bond acceptors (Lipinski definition) is 3. The van der Waals surface area contributed by atoms with E-state index in [0.29, 0.717) is 6.04 Å². The van der Waals surface area contributed by atoms with Crippen molar-refractivity contribution in [3.05, 3.63) is 0 Å². The Morgan fingerprint density at radius 1 is 0.722 bits per heavy atom. The van der Waals surface area contributed by atoms with Crippen LogP contribution in [0.5, 0.6) is 0 Å². The van der Waals surface area contributed by atoms with Crippen molar-refractivity contribution in [1.29, 1.82) is 0 Å². The molecule has 0 aliphatic rings. The molecule has 0 fully saturated rings. The highest BCUT2D eigenvalue weighted by atomic mass is 14.9. The highest BCUT2D eigenvalue weighted by molar-refractivity contribution is 4.54. The van der Waals surface area contributed by atoms with Crippen LogP contribution in [0, 0.1) is 0 Å². The van der Waals surface area contributed by atoms with Crippen LogP contribution >= 0.6 is 0 Å². The van der Waals surface area contributed by atoms with Crippen LogP contribution in [0.15, 0.2) is 0 Å². The summed E-state index contributed by atoms with van der Waals surface area (Å²) in [5.74, 6) is 0. The summed E-state index contributed by atoms with van der Waals surface area (Å²) in [5, 5.41) is 6.98. The fraction of sp³-hybridized carbons (Fsp3) is 1.00. The minimum atomic E-state index is 0.630. The Morgan fingerprint density at radius 2 is 1.22 bits per heavy atom. The van der Waals surface area contributed by atoms with E-state index in [2.05, 4.69) is 24.5 Å². The summed E-state index contributed by atoms with van der Waals surface area (Å²) in [4.78, 5) is 0. The topological polar surface area (TPSA) is 50.1 Å². The molecular weight excluding hydrogens is 222 g/mol. The van der Waals surface area contributed by atoms with Gasteiger partial charge < -0.3 is 16.4 Å². The van der Waals surface area contributed by atoms with Gasteiger partial charge in [0.25, 0.3) is 0 Å². The molecule has 0 amide bonds. The summed E-state index contributed by atoms with van der Waals surface area (Å²) in [6, 6.07) is 0.630. The Morgan fingerprint density at radius 3 is 1.72 bits per heavy atom. The van der Waals surface area contributed by atoms with Gasteiger partial charge in [0.15, 0.2) is 0 Å². The van der Waals surface area contributed by atoms with E-state index in [1.54, 1.807) is 0 Å². The van der Waals surface area contributed by atoms with Crippen molar-refractivity contribution in [2.75, 3.05) is 26.2 Å². The van der Waals surface area contributed by atoms with Crippen LogP contribution < -0.4 is 16.4 Å². The van der Waals surface area contributed by atoms with Crippen LogP contribution in [-0.4, -0.2) is 32.2 Å². The molecule has 0 aliphatic heterocycles. The number of hydrogen-bond donors (Lipinski definition) is 3. The summed E-state index contributed by atoms with van der Waals surface area (Å²) in [5.41, 5.74) is 5.46. The first-order chi connectivity index (χ1) is 8.77. The van der Waals surface area contributed by atoms with Gasteiger partial charge in [-0.1, -0.05) is 39.5 Å². The SMILES string of the molecule is CC(C)NCCCCCCNCCCCCCN. The second-order valence-corrected chi connectivity index (χ2v) is 5.48. The largest absolute Gasteiger partial charge is 0.330 e. The zero-order valence-electron chi connectivity index (χ0n) is 12.6. The molecule has 0 radical (unpaired) electrons. The third-order valence-corrected chi connectivity index (χ3v) is 3.14. The van der Waals surface area contributed by atoms with Gasteiger partial charge in [-0.05, 0) is 51.9 Å². The normalized spacial score (nSPS) is 11.3. The van der Waals surface area contributed by atoms with Crippen molar-refractivity contribution in [3.63, 3.8) is 0 Å². The van der Waals surface area contributed by atoms with E-state index in [0.717, 1.165) is 6.54 Å². The lowest BCUT2D eigenvalue weighted by Crippen LogP contribution is -2.23. The molecule has 0 unspecified atom stereocenters. The fourth-order valence-electron chi connectivity index (χ4n) is 1.99. The molecule has 0 atom stereocenters. The highest BCUT2D eigenvalue weighted by Crippen LogP contribution is 1.99. The van der Waals surface area contributed by atoms with Crippen molar-refractivity contribution in [2.45, 2.75) is 71.3 Å². The maximum absolute atomic E-state index is 5.46. The predicted octanol–water partition coefficient (Wildman–Crippen LogP) is 2.65. The fourth-order valence-corrected chi connectivity index (χ4v) is 1.99. The van der Waals surface area contributed by atoms with Gasteiger partial charge in [0, 0.05) is 6.04 Å². The Hall–Kier alpha value is -0.120. The first kappa shape index (κ1) is 17.9. The molecule has 3 heteroatoms. The molecule has 0 aromatic heterocycles. The molecule has 0 aromatic rings. The van der Waals surface area contributed by atoms with E-state index in [1.807, 2.05) is 0 Å². The summed E-state index contributed by atoms with van der Waals surface area (Å²) in [7, 11) is 0. The van der Waals surface area contributed by atoms with E-state index in [-0.39, 0.29) is 0 Å². The van der Waals surface area contributed by atoms with Crippen molar-refractivity contribution in [3.8, 4) is 0 Å². The Labute approximate surface area is 114 Å². The van der Waals surface area contributed by atoms with Gasteiger partial charge in [0.1, 0.15) is 0 Å².